The maximum atomic E-state index is 5.91. The highest BCUT2D eigenvalue weighted by atomic mass is 32.1. The molecule has 0 saturated carbocycles. The number of hydrogen-bond donors (Lipinski definition) is 1. The van der Waals surface area contributed by atoms with E-state index in [-0.39, 0.29) is 0 Å². The lowest BCUT2D eigenvalue weighted by Gasteiger charge is -2.02. The molecule has 3 rings (SSSR count). The summed E-state index contributed by atoms with van der Waals surface area (Å²) in [6.45, 7) is 2.64. The van der Waals surface area contributed by atoms with Crippen molar-refractivity contribution in [1.29, 1.82) is 0 Å². The molecule has 0 amide bonds. The molecule has 0 atom stereocenters. The van der Waals surface area contributed by atoms with E-state index in [1.54, 1.807) is 11.3 Å². The monoisotopic (exact) mass is 295 g/mol. The standard InChI is InChI=1S/C17H17N3S/c1-2-12-11-19-9-8-14(12)17-20-16(15(10-18)21-17)13-6-4-3-5-7-13/h3-9,11H,2,10,18H2,1H3. The van der Waals surface area contributed by atoms with Gasteiger partial charge in [-0.15, -0.1) is 11.3 Å². The lowest BCUT2D eigenvalue weighted by molar-refractivity contribution is 1.09. The van der Waals surface area contributed by atoms with Crippen LogP contribution in [0.1, 0.15) is 17.4 Å². The summed E-state index contributed by atoms with van der Waals surface area (Å²) in [5.41, 5.74) is 10.4. The Kier molecular flexibility index (Phi) is 4.08. The van der Waals surface area contributed by atoms with E-state index < -0.39 is 0 Å². The minimum atomic E-state index is 0.508. The summed E-state index contributed by atoms with van der Waals surface area (Å²) >= 11 is 1.67. The third kappa shape index (κ3) is 2.73. The highest BCUT2D eigenvalue weighted by molar-refractivity contribution is 7.15. The molecule has 0 fully saturated rings. The van der Waals surface area contributed by atoms with Crippen molar-refractivity contribution in [1.82, 2.24) is 9.97 Å². The van der Waals surface area contributed by atoms with Gasteiger partial charge < -0.3 is 5.73 Å². The number of aryl methyl sites for hydroxylation is 1. The second-order valence-electron chi connectivity index (χ2n) is 4.75. The minimum Gasteiger partial charge on any atom is -0.326 e. The fourth-order valence-corrected chi connectivity index (χ4v) is 3.37. The highest BCUT2D eigenvalue weighted by Crippen LogP contribution is 2.34. The molecule has 0 bridgehead atoms. The van der Waals surface area contributed by atoms with Crippen molar-refractivity contribution in [2.24, 2.45) is 5.73 Å². The lowest BCUT2D eigenvalue weighted by Crippen LogP contribution is -1.95. The average molecular weight is 295 g/mol. The number of benzene rings is 1. The van der Waals surface area contributed by atoms with Crippen LogP contribution in [0.2, 0.25) is 0 Å². The molecule has 3 nitrogen and oxygen atoms in total. The number of aromatic nitrogens is 2. The second-order valence-corrected chi connectivity index (χ2v) is 5.83. The summed E-state index contributed by atoms with van der Waals surface area (Å²) in [7, 11) is 0. The lowest BCUT2D eigenvalue weighted by atomic mass is 10.1. The van der Waals surface area contributed by atoms with Gasteiger partial charge >= 0.3 is 0 Å². The van der Waals surface area contributed by atoms with E-state index in [2.05, 4.69) is 24.0 Å². The summed E-state index contributed by atoms with van der Waals surface area (Å²) < 4.78 is 0. The van der Waals surface area contributed by atoms with Crippen LogP contribution < -0.4 is 5.73 Å². The van der Waals surface area contributed by atoms with Crippen molar-refractivity contribution in [2.75, 3.05) is 0 Å². The van der Waals surface area contributed by atoms with Crippen molar-refractivity contribution >= 4 is 11.3 Å². The Hall–Kier alpha value is -2.04. The summed E-state index contributed by atoms with van der Waals surface area (Å²) in [4.78, 5) is 10.2. The maximum absolute atomic E-state index is 5.91. The Balaban J connectivity index is 2.12. The summed E-state index contributed by atoms with van der Waals surface area (Å²) in [6, 6.07) is 12.2. The average Bonchev–Trinajstić information content (AvgIpc) is 2.99. The van der Waals surface area contributed by atoms with Gasteiger partial charge in [0.2, 0.25) is 0 Å². The molecular weight excluding hydrogens is 278 g/mol. The third-order valence-electron chi connectivity index (χ3n) is 3.44. The zero-order valence-corrected chi connectivity index (χ0v) is 12.7. The predicted molar refractivity (Wildman–Crippen MR) is 88.1 cm³/mol. The third-order valence-corrected chi connectivity index (χ3v) is 4.56. The molecule has 0 unspecified atom stereocenters. The van der Waals surface area contributed by atoms with Gasteiger partial charge in [-0.1, -0.05) is 37.3 Å². The second kappa shape index (κ2) is 6.16. The SMILES string of the molecule is CCc1cnccc1-c1nc(-c2ccccc2)c(CN)s1. The molecule has 0 radical (unpaired) electrons. The molecule has 2 heterocycles. The molecule has 0 aliphatic heterocycles. The van der Waals surface area contributed by atoms with Crippen LogP contribution in [0.4, 0.5) is 0 Å². The number of nitrogens with two attached hydrogens (primary N) is 1. The molecule has 0 spiro atoms. The first-order valence-corrected chi connectivity index (χ1v) is 7.83. The first-order chi connectivity index (χ1) is 10.3. The van der Waals surface area contributed by atoms with Crippen LogP contribution in [0.3, 0.4) is 0 Å². The van der Waals surface area contributed by atoms with Gasteiger partial charge in [-0.3, -0.25) is 4.98 Å². The van der Waals surface area contributed by atoms with Crippen molar-refractivity contribution < 1.29 is 0 Å². The predicted octanol–water partition coefficient (Wildman–Crippen LogP) is 3.89. The molecule has 0 saturated heterocycles. The summed E-state index contributed by atoms with van der Waals surface area (Å²) in [5.74, 6) is 0. The van der Waals surface area contributed by atoms with Gasteiger partial charge in [-0.05, 0) is 18.1 Å². The number of thiazole rings is 1. The zero-order chi connectivity index (χ0) is 14.7. The molecular formula is C17H17N3S. The molecule has 1 aromatic carbocycles. The van der Waals surface area contributed by atoms with E-state index in [9.17, 15) is 0 Å². The highest BCUT2D eigenvalue weighted by Gasteiger charge is 2.14. The number of rotatable bonds is 4. The van der Waals surface area contributed by atoms with Crippen molar-refractivity contribution in [3.8, 4) is 21.8 Å². The van der Waals surface area contributed by atoms with E-state index in [1.807, 2.05) is 36.7 Å². The molecule has 4 heteroatoms. The fourth-order valence-electron chi connectivity index (χ4n) is 2.34. The van der Waals surface area contributed by atoms with E-state index in [1.165, 1.54) is 5.56 Å². The van der Waals surface area contributed by atoms with Crippen molar-refractivity contribution in [3.63, 3.8) is 0 Å². The minimum absolute atomic E-state index is 0.508. The Labute approximate surface area is 128 Å². The fraction of sp³-hybridized carbons (Fsp3) is 0.176. The molecule has 106 valence electrons. The normalized spacial score (nSPS) is 10.8. The van der Waals surface area contributed by atoms with Crippen LogP contribution in [0.25, 0.3) is 21.8 Å². The zero-order valence-electron chi connectivity index (χ0n) is 11.9. The quantitative estimate of drug-likeness (QED) is 0.794. The Morgan fingerprint density at radius 1 is 1.14 bits per heavy atom. The first-order valence-electron chi connectivity index (χ1n) is 7.02. The number of pyridine rings is 1. The van der Waals surface area contributed by atoms with E-state index >= 15 is 0 Å². The van der Waals surface area contributed by atoms with Crippen LogP contribution >= 0.6 is 11.3 Å². The van der Waals surface area contributed by atoms with Gasteiger partial charge in [-0.25, -0.2) is 4.98 Å². The Morgan fingerprint density at radius 2 is 1.95 bits per heavy atom. The molecule has 3 aromatic rings. The topological polar surface area (TPSA) is 51.8 Å². The van der Waals surface area contributed by atoms with Crippen LogP contribution in [0.15, 0.2) is 48.8 Å². The maximum Gasteiger partial charge on any atom is 0.124 e. The Bertz CT molecular complexity index is 735. The largest absolute Gasteiger partial charge is 0.326 e. The first kappa shape index (κ1) is 13.9. The van der Waals surface area contributed by atoms with Gasteiger partial charge in [0, 0.05) is 34.9 Å². The molecule has 0 aliphatic carbocycles. The van der Waals surface area contributed by atoms with E-state index in [0.717, 1.165) is 33.1 Å². The number of nitrogens with zero attached hydrogens (tertiary/aromatic N) is 2. The van der Waals surface area contributed by atoms with Gasteiger partial charge in [0.05, 0.1) is 5.69 Å². The van der Waals surface area contributed by atoms with Gasteiger partial charge in [0.1, 0.15) is 5.01 Å². The van der Waals surface area contributed by atoms with E-state index in [0.29, 0.717) is 6.54 Å². The van der Waals surface area contributed by atoms with Crippen LogP contribution in [0, 0.1) is 0 Å². The van der Waals surface area contributed by atoms with Crippen LogP contribution in [0.5, 0.6) is 0 Å². The van der Waals surface area contributed by atoms with E-state index in [4.69, 9.17) is 10.7 Å². The molecule has 21 heavy (non-hydrogen) atoms. The van der Waals surface area contributed by atoms with Crippen LogP contribution in [-0.2, 0) is 13.0 Å². The van der Waals surface area contributed by atoms with Gasteiger partial charge in [0.25, 0.3) is 0 Å². The molecule has 0 aliphatic rings. The van der Waals surface area contributed by atoms with Gasteiger partial charge in [0.15, 0.2) is 0 Å². The van der Waals surface area contributed by atoms with Gasteiger partial charge in [-0.2, -0.15) is 0 Å². The van der Waals surface area contributed by atoms with Crippen molar-refractivity contribution in [2.45, 2.75) is 19.9 Å². The number of hydrogen-bond acceptors (Lipinski definition) is 4. The van der Waals surface area contributed by atoms with Crippen molar-refractivity contribution in [3.05, 3.63) is 59.2 Å². The smallest absolute Gasteiger partial charge is 0.124 e. The summed E-state index contributed by atoms with van der Waals surface area (Å²) in [6.07, 6.45) is 4.68. The summed E-state index contributed by atoms with van der Waals surface area (Å²) in [5, 5.41) is 1.02. The van der Waals surface area contributed by atoms with Crippen LogP contribution in [-0.4, -0.2) is 9.97 Å². The molecule has 2 aromatic heterocycles. The molecule has 2 N–H and O–H groups in total. The Morgan fingerprint density at radius 3 is 2.67 bits per heavy atom.